The Morgan fingerprint density at radius 2 is 2.35 bits per heavy atom. The molecule has 0 saturated carbocycles. The third kappa shape index (κ3) is 3.17. The van der Waals surface area contributed by atoms with Crippen LogP contribution in [0.1, 0.15) is 44.1 Å². The molecule has 5 nitrogen and oxygen atoms in total. The van der Waals surface area contributed by atoms with Gasteiger partial charge in [-0.25, -0.2) is 4.98 Å². The molecule has 23 heavy (non-hydrogen) atoms. The zero-order chi connectivity index (χ0) is 16.6. The van der Waals surface area contributed by atoms with Crippen LogP contribution < -0.4 is 10.9 Å². The molecule has 0 saturated heterocycles. The highest BCUT2D eigenvalue weighted by Crippen LogP contribution is 2.35. The van der Waals surface area contributed by atoms with E-state index in [4.69, 9.17) is 0 Å². The molecule has 1 aliphatic rings. The van der Waals surface area contributed by atoms with Gasteiger partial charge in [-0.05, 0) is 44.1 Å². The highest BCUT2D eigenvalue weighted by atomic mass is 32.1. The number of carbonyl (C=O) groups excluding carboxylic acids is 1. The largest absolute Gasteiger partial charge is 0.352 e. The highest BCUT2D eigenvalue weighted by Gasteiger charge is 2.23. The van der Waals surface area contributed by atoms with Crippen LogP contribution in [0.2, 0.25) is 0 Å². The molecule has 2 aromatic rings. The number of aryl methyl sites for hydroxylation is 1. The van der Waals surface area contributed by atoms with Crippen molar-refractivity contribution >= 4 is 27.5 Å². The van der Waals surface area contributed by atoms with E-state index in [2.05, 4.69) is 17.2 Å². The van der Waals surface area contributed by atoms with Crippen molar-refractivity contribution < 1.29 is 4.79 Å². The van der Waals surface area contributed by atoms with E-state index in [1.54, 1.807) is 11.3 Å². The predicted molar refractivity (Wildman–Crippen MR) is 93.0 cm³/mol. The molecule has 1 N–H and O–H groups in total. The van der Waals surface area contributed by atoms with E-state index in [9.17, 15) is 9.59 Å². The van der Waals surface area contributed by atoms with Gasteiger partial charge in [0.25, 0.3) is 5.56 Å². The summed E-state index contributed by atoms with van der Waals surface area (Å²) in [5.74, 6) is 0.527. The number of nitrogens with one attached hydrogen (secondary N) is 1. The number of rotatable bonds is 4. The molecule has 2 aromatic heterocycles. The molecule has 0 aromatic carbocycles. The van der Waals surface area contributed by atoms with Crippen LogP contribution in [-0.4, -0.2) is 21.5 Å². The lowest BCUT2D eigenvalue weighted by atomic mass is 9.89. The highest BCUT2D eigenvalue weighted by molar-refractivity contribution is 7.18. The molecule has 0 fully saturated rings. The van der Waals surface area contributed by atoms with Crippen molar-refractivity contribution in [1.82, 2.24) is 14.9 Å². The van der Waals surface area contributed by atoms with Crippen LogP contribution in [0.3, 0.4) is 0 Å². The predicted octanol–water partition coefficient (Wildman–Crippen LogP) is 2.50. The van der Waals surface area contributed by atoms with Gasteiger partial charge in [-0.15, -0.1) is 11.3 Å². The fourth-order valence-electron chi connectivity index (χ4n) is 3.06. The van der Waals surface area contributed by atoms with E-state index in [0.29, 0.717) is 5.92 Å². The van der Waals surface area contributed by atoms with Gasteiger partial charge >= 0.3 is 0 Å². The second-order valence-corrected chi connectivity index (χ2v) is 7.67. The Balaban J connectivity index is 1.93. The number of hydrogen-bond donors (Lipinski definition) is 1. The van der Waals surface area contributed by atoms with Crippen LogP contribution in [0.5, 0.6) is 0 Å². The van der Waals surface area contributed by atoms with Gasteiger partial charge in [0.05, 0.1) is 11.7 Å². The van der Waals surface area contributed by atoms with Gasteiger partial charge in [0, 0.05) is 10.9 Å². The van der Waals surface area contributed by atoms with Crippen molar-refractivity contribution in [3.8, 4) is 0 Å². The van der Waals surface area contributed by atoms with Crippen molar-refractivity contribution in [2.45, 2.75) is 59.0 Å². The van der Waals surface area contributed by atoms with Crippen molar-refractivity contribution in [3.63, 3.8) is 0 Å². The molecule has 0 radical (unpaired) electrons. The topological polar surface area (TPSA) is 64.0 Å². The molecular formula is C17H23N3O2S. The maximum absolute atomic E-state index is 12.8. The molecule has 0 bridgehead atoms. The Morgan fingerprint density at radius 3 is 3.09 bits per heavy atom. The van der Waals surface area contributed by atoms with E-state index in [1.165, 1.54) is 15.8 Å². The second-order valence-electron chi connectivity index (χ2n) is 6.59. The first-order valence-corrected chi connectivity index (χ1v) is 9.10. The Bertz CT molecular complexity index is 793. The molecule has 0 spiro atoms. The zero-order valence-corrected chi connectivity index (χ0v) is 14.7. The quantitative estimate of drug-likeness (QED) is 0.935. The van der Waals surface area contributed by atoms with Gasteiger partial charge < -0.3 is 5.32 Å². The zero-order valence-electron chi connectivity index (χ0n) is 13.9. The number of fused-ring (bicyclic) bond motifs is 3. The number of thiophene rings is 1. The minimum Gasteiger partial charge on any atom is -0.352 e. The van der Waals surface area contributed by atoms with E-state index >= 15 is 0 Å². The number of amides is 1. The fraction of sp³-hybridized carbons (Fsp3) is 0.588. The molecule has 0 unspecified atom stereocenters. The third-order valence-corrected chi connectivity index (χ3v) is 5.78. The average Bonchev–Trinajstić information content (AvgIpc) is 2.88. The molecule has 2 heterocycles. The summed E-state index contributed by atoms with van der Waals surface area (Å²) >= 11 is 1.63. The van der Waals surface area contributed by atoms with Crippen LogP contribution >= 0.6 is 11.3 Å². The summed E-state index contributed by atoms with van der Waals surface area (Å²) in [5.41, 5.74) is 1.08. The Labute approximate surface area is 139 Å². The fourth-order valence-corrected chi connectivity index (χ4v) is 4.40. The van der Waals surface area contributed by atoms with E-state index < -0.39 is 0 Å². The lowest BCUT2D eigenvalue weighted by Gasteiger charge is -2.17. The third-order valence-electron chi connectivity index (χ3n) is 4.62. The molecule has 1 aliphatic carbocycles. The van der Waals surface area contributed by atoms with Gasteiger partial charge in [0.15, 0.2) is 0 Å². The van der Waals surface area contributed by atoms with Crippen molar-refractivity contribution in [2.24, 2.45) is 5.92 Å². The normalized spacial score (nSPS) is 18.7. The standard InChI is InChI=1S/C17H23N3O2S/c1-4-11(3)19-14(21)8-20-9-18-16-15(17(20)22)12-6-5-10(2)7-13(12)23-16/h9-11H,4-8H2,1-3H3,(H,19,21)/t10-,11+/m1/s1. The van der Waals surface area contributed by atoms with Gasteiger partial charge in [0.1, 0.15) is 11.4 Å². The number of hydrogen-bond acceptors (Lipinski definition) is 4. The maximum Gasteiger partial charge on any atom is 0.262 e. The summed E-state index contributed by atoms with van der Waals surface area (Å²) in [6.07, 6.45) is 5.46. The van der Waals surface area contributed by atoms with Gasteiger partial charge in [-0.1, -0.05) is 13.8 Å². The van der Waals surface area contributed by atoms with Gasteiger partial charge in [0.2, 0.25) is 5.91 Å². The maximum atomic E-state index is 12.8. The molecule has 1 amide bonds. The molecule has 124 valence electrons. The minimum absolute atomic E-state index is 0.0349. The molecular weight excluding hydrogens is 310 g/mol. The van der Waals surface area contributed by atoms with Crippen LogP contribution in [0, 0.1) is 5.92 Å². The summed E-state index contributed by atoms with van der Waals surface area (Å²) in [7, 11) is 0. The molecule has 6 heteroatoms. The second kappa shape index (κ2) is 6.43. The van der Waals surface area contributed by atoms with Crippen molar-refractivity contribution in [1.29, 1.82) is 0 Å². The first-order valence-electron chi connectivity index (χ1n) is 8.28. The lowest BCUT2D eigenvalue weighted by molar-refractivity contribution is -0.122. The lowest BCUT2D eigenvalue weighted by Crippen LogP contribution is -2.37. The number of nitrogens with zero attached hydrogens (tertiary/aromatic N) is 2. The Kier molecular flexibility index (Phi) is 4.53. The monoisotopic (exact) mass is 333 g/mol. The minimum atomic E-state index is -0.139. The smallest absolute Gasteiger partial charge is 0.262 e. The van der Waals surface area contributed by atoms with Crippen molar-refractivity contribution in [3.05, 3.63) is 27.1 Å². The molecule has 0 aliphatic heterocycles. The summed E-state index contributed by atoms with van der Waals surface area (Å²) in [4.78, 5) is 31.4. The number of carbonyl (C=O) groups is 1. The average molecular weight is 333 g/mol. The van der Waals surface area contributed by atoms with Gasteiger partial charge in [-0.3, -0.25) is 14.2 Å². The van der Waals surface area contributed by atoms with Crippen LogP contribution in [-0.2, 0) is 24.2 Å². The molecule has 2 atom stereocenters. The van der Waals surface area contributed by atoms with Crippen LogP contribution in [0.4, 0.5) is 0 Å². The van der Waals surface area contributed by atoms with E-state index in [0.717, 1.165) is 41.5 Å². The summed E-state index contributed by atoms with van der Waals surface area (Å²) in [6, 6.07) is 0.116. The SMILES string of the molecule is CC[C@H](C)NC(=O)Cn1cnc2sc3c(c2c1=O)CC[C@@H](C)C3. The Hall–Kier alpha value is -1.69. The summed E-state index contributed by atoms with van der Waals surface area (Å²) < 4.78 is 1.44. The van der Waals surface area contributed by atoms with E-state index in [-0.39, 0.29) is 24.1 Å². The first kappa shape index (κ1) is 16.2. The van der Waals surface area contributed by atoms with Crippen LogP contribution in [0.25, 0.3) is 10.2 Å². The summed E-state index contributed by atoms with van der Waals surface area (Å²) in [6.45, 7) is 6.26. The van der Waals surface area contributed by atoms with Gasteiger partial charge in [-0.2, -0.15) is 0 Å². The van der Waals surface area contributed by atoms with Crippen LogP contribution in [0.15, 0.2) is 11.1 Å². The summed E-state index contributed by atoms with van der Waals surface area (Å²) in [5, 5.41) is 3.62. The number of aromatic nitrogens is 2. The molecule has 3 rings (SSSR count). The Morgan fingerprint density at radius 1 is 1.57 bits per heavy atom. The first-order chi connectivity index (χ1) is 11.0. The van der Waals surface area contributed by atoms with Crippen molar-refractivity contribution in [2.75, 3.05) is 0 Å². The van der Waals surface area contributed by atoms with E-state index in [1.807, 2.05) is 13.8 Å².